The van der Waals surface area contributed by atoms with E-state index in [4.69, 9.17) is 14.2 Å². The standard InChI is InChI=1S/C73H138O6/c1-4-7-10-13-16-19-22-25-28-29-30-31-32-33-34-35-36-37-38-39-40-41-42-43-44-46-48-51-54-57-60-63-66-72(75)78-69-70(68-77-71(74)65-62-59-56-53-50-47-27-24-21-18-15-12-9-6-3)79-73(76)67-64-61-58-55-52-49-45-26-23-20-17-14-11-8-5-2/h15,18,24,27,70H,4-14,16-17,19-23,25-26,28-69H2,1-3H3/b18-15-,27-24-. The van der Waals surface area contributed by atoms with Gasteiger partial charge < -0.3 is 14.2 Å². The van der Waals surface area contributed by atoms with Gasteiger partial charge in [0.05, 0.1) is 0 Å². The Labute approximate surface area is 493 Å². The molecule has 79 heavy (non-hydrogen) atoms. The fraction of sp³-hybridized carbons (Fsp3) is 0.904. The lowest BCUT2D eigenvalue weighted by atomic mass is 10.0. The molecule has 0 aromatic heterocycles. The summed E-state index contributed by atoms with van der Waals surface area (Å²) in [5.41, 5.74) is 0. The molecule has 6 heteroatoms. The van der Waals surface area contributed by atoms with Gasteiger partial charge in [0.25, 0.3) is 0 Å². The minimum Gasteiger partial charge on any atom is -0.462 e. The summed E-state index contributed by atoms with van der Waals surface area (Å²) in [6.07, 6.45) is 83.7. The molecule has 0 aliphatic carbocycles. The van der Waals surface area contributed by atoms with Crippen molar-refractivity contribution >= 4 is 17.9 Å². The van der Waals surface area contributed by atoms with Crippen LogP contribution in [0.15, 0.2) is 24.3 Å². The first kappa shape index (κ1) is 76.9. The van der Waals surface area contributed by atoms with E-state index in [2.05, 4.69) is 45.1 Å². The zero-order valence-corrected chi connectivity index (χ0v) is 53.7. The number of hydrogen-bond donors (Lipinski definition) is 0. The van der Waals surface area contributed by atoms with E-state index in [1.807, 2.05) is 0 Å². The number of allylic oxidation sites excluding steroid dienone is 4. The van der Waals surface area contributed by atoms with Crippen LogP contribution in [-0.4, -0.2) is 37.2 Å². The Balaban J connectivity index is 4.09. The smallest absolute Gasteiger partial charge is 0.306 e. The van der Waals surface area contributed by atoms with Crippen molar-refractivity contribution in [3.8, 4) is 0 Å². The number of esters is 3. The molecule has 0 aromatic carbocycles. The van der Waals surface area contributed by atoms with Crippen molar-refractivity contribution in [2.24, 2.45) is 0 Å². The summed E-state index contributed by atoms with van der Waals surface area (Å²) in [6, 6.07) is 0. The summed E-state index contributed by atoms with van der Waals surface area (Å²) in [7, 11) is 0. The first-order valence-electron chi connectivity index (χ1n) is 35.8. The molecule has 0 rings (SSSR count). The highest BCUT2D eigenvalue weighted by molar-refractivity contribution is 5.71. The third kappa shape index (κ3) is 66.6. The normalized spacial score (nSPS) is 12.1. The van der Waals surface area contributed by atoms with Crippen LogP contribution < -0.4 is 0 Å². The van der Waals surface area contributed by atoms with E-state index in [9.17, 15) is 14.4 Å². The van der Waals surface area contributed by atoms with E-state index in [1.165, 1.54) is 289 Å². The Hall–Kier alpha value is -2.11. The first-order chi connectivity index (χ1) is 39.0. The van der Waals surface area contributed by atoms with Crippen molar-refractivity contribution in [3.05, 3.63) is 24.3 Å². The monoisotopic (exact) mass is 1110 g/mol. The van der Waals surface area contributed by atoms with Crippen LogP contribution in [0.2, 0.25) is 0 Å². The molecule has 0 radical (unpaired) electrons. The number of ether oxygens (including phenoxy) is 3. The van der Waals surface area contributed by atoms with Crippen molar-refractivity contribution in [1.29, 1.82) is 0 Å². The van der Waals surface area contributed by atoms with Gasteiger partial charge in [-0.2, -0.15) is 0 Å². The summed E-state index contributed by atoms with van der Waals surface area (Å²) in [6.45, 7) is 6.67. The number of carbonyl (C=O) groups excluding carboxylic acids is 3. The number of hydrogen-bond acceptors (Lipinski definition) is 6. The fourth-order valence-corrected chi connectivity index (χ4v) is 11.1. The van der Waals surface area contributed by atoms with Gasteiger partial charge in [0.15, 0.2) is 6.10 Å². The van der Waals surface area contributed by atoms with E-state index in [0.29, 0.717) is 19.3 Å². The van der Waals surface area contributed by atoms with Crippen molar-refractivity contribution in [2.45, 2.75) is 412 Å². The second kappa shape index (κ2) is 68.4. The van der Waals surface area contributed by atoms with Crippen LogP contribution in [0.1, 0.15) is 406 Å². The lowest BCUT2D eigenvalue weighted by molar-refractivity contribution is -0.167. The second-order valence-corrected chi connectivity index (χ2v) is 24.5. The summed E-state index contributed by atoms with van der Waals surface area (Å²) in [4.78, 5) is 38.3. The third-order valence-electron chi connectivity index (χ3n) is 16.5. The van der Waals surface area contributed by atoms with Crippen LogP contribution in [0.4, 0.5) is 0 Å². The first-order valence-corrected chi connectivity index (χ1v) is 35.8. The molecule has 1 atom stereocenters. The number of unbranched alkanes of at least 4 members (excludes halogenated alkanes) is 52. The Kier molecular flexibility index (Phi) is 66.6. The van der Waals surface area contributed by atoms with Crippen LogP contribution in [0.5, 0.6) is 0 Å². The summed E-state index contributed by atoms with van der Waals surface area (Å²) in [5, 5.41) is 0. The maximum absolute atomic E-state index is 12.9. The van der Waals surface area contributed by atoms with E-state index < -0.39 is 6.10 Å². The van der Waals surface area contributed by atoms with E-state index in [0.717, 1.165) is 77.0 Å². The summed E-state index contributed by atoms with van der Waals surface area (Å²) in [5.74, 6) is -0.854. The lowest BCUT2D eigenvalue weighted by Gasteiger charge is -2.18. The highest BCUT2D eigenvalue weighted by atomic mass is 16.6. The molecule has 0 saturated carbocycles. The predicted octanol–water partition coefficient (Wildman–Crippen LogP) is 24.6. The zero-order chi connectivity index (χ0) is 57.1. The quantitative estimate of drug-likeness (QED) is 0.0261. The molecule has 0 fully saturated rings. The van der Waals surface area contributed by atoms with E-state index in [-0.39, 0.29) is 31.1 Å². The van der Waals surface area contributed by atoms with Gasteiger partial charge >= 0.3 is 17.9 Å². The average molecular weight is 1110 g/mol. The van der Waals surface area contributed by atoms with E-state index in [1.54, 1.807) is 0 Å². The van der Waals surface area contributed by atoms with Crippen LogP contribution >= 0.6 is 0 Å². The Morgan fingerprint density at radius 1 is 0.253 bits per heavy atom. The summed E-state index contributed by atoms with van der Waals surface area (Å²) >= 11 is 0. The molecular weight excluding hydrogens is 973 g/mol. The number of carbonyl (C=O) groups is 3. The van der Waals surface area contributed by atoms with Crippen molar-refractivity contribution in [3.63, 3.8) is 0 Å². The Bertz CT molecular complexity index is 1270. The zero-order valence-electron chi connectivity index (χ0n) is 53.7. The average Bonchev–Trinajstić information content (AvgIpc) is 3.45. The molecule has 0 bridgehead atoms. The minimum atomic E-state index is -0.773. The van der Waals surface area contributed by atoms with Crippen LogP contribution in [-0.2, 0) is 28.6 Å². The van der Waals surface area contributed by atoms with Gasteiger partial charge in [0.1, 0.15) is 13.2 Å². The molecule has 0 saturated heterocycles. The Morgan fingerprint density at radius 3 is 0.734 bits per heavy atom. The molecule has 0 aliphatic rings. The molecule has 0 N–H and O–H groups in total. The second-order valence-electron chi connectivity index (χ2n) is 24.5. The molecule has 1 unspecified atom stereocenters. The van der Waals surface area contributed by atoms with Crippen LogP contribution in [0, 0.1) is 0 Å². The largest absolute Gasteiger partial charge is 0.462 e. The highest BCUT2D eigenvalue weighted by Gasteiger charge is 2.19. The molecule has 466 valence electrons. The van der Waals surface area contributed by atoms with Gasteiger partial charge in [0.2, 0.25) is 0 Å². The van der Waals surface area contributed by atoms with Gasteiger partial charge in [-0.3, -0.25) is 14.4 Å². The third-order valence-corrected chi connectivity index (χ3v) is 16.5. The fourth-order valence-electron chi connectivity index (χ4n) is 11.1. The van der Waals surface area contributed by atoms with E-state index >= 15 is 0 Å². The van der Waals surface area contributed by atoms with Gasteiger partial charge in [0, 0.05) is 19.3 Å². The molecule has 0 aliphatic heterocycles. The summed E-state index contributed by atoms with van der Waals surface area (Å²) < 4.78 is 17.0. The van der Waals surface area contributed by atoms with Crippen molar-refractivity contribution < 1.29 is 28.6 Å². The predicted molar refractivity (Wildman–Crippen MR) is 344 cm³/mol. The molecule has 0 heterocycles. The van der Waals surface area contributed by atoms with Gasteiger partial charge in [-0.05, 0) is 44.9 Å². The SMILES string of the molecule is CCCC/C=C\C/C=C\CCCCCCCC(=O)OCC(COC(=O)CCCCCCCCCCCCCCCCCCCCCCCCCCCCCCCCCC)OC(=O)CCCCCCCCCCCCCCCCC. The minimum absolute atomic E-state index is 0.0695. The Morgan fingerprint density at radius 2 is 0.468 bits per heavy atom. The van der Waals surface area contributed by atoms with Gasteiger partial charge in [-0.15, -0.1) is 0 Å². The molecule has 0 aromatic rings. The molecular formula is C73H138O6. The van der Waals surface area contributed by atoms with Crippen molar-refractivity contribution in [2.75, 3.05) is 13.2 Å². The lowest BCUT2D eigenvalue weighted by Crippen LogP contribution is -2.30. The highest BCUT2D eigenvalue weighted by Crippen LogP contribution is 2.19. The molecule has 6 nitrogen and oxygen atoms in total. The van der Waals surface area contributed by atoms with Crippen LogP contribution in [0.3, 0.4) is 0 Å². The van der Waals surface area contributed by atoms with Crippen molar-refractivity contribution in [1.82, 2.24) is 0 Å². The maximum atomic E-state index is 12.9. The topological polar surface area (TPSA) is 78.9 Å². The van der Waals surface area contributed by atoms with Gasteiger partial charge in [-0.25, -0.2) is 0 Å². The van der Waals surface area contributed by atoms with Crippen LogP contribution in [0.25, 0.3) is 0 Å². The molecule has 0 amide bonds. The number of rotatable bonds is 67. The van der Waals surface area contributed by atoms with Gasteiger partial charge in [-0.1, -0.05) is 366 Å². The molecule has 0 spiro atoms. The maximum Gasteiger partial charge on any atom is 0.306 e.